The zero-order valence-electron chi connectivity index (χ0n) is 15.0. The van der Waals surface area contributed by atoms with Crippen LogP contribution in [0.3, 0.4) is 0 Å². The fraction of sp³-hybridized carbons (Fsp3) is 0.684. The number of rotatable bonds is 5. The Morgan fingerprint density at radius 3 is 2.92 bits per heavy atom. The number of ether oxygens (including phenoxy) is 1. The third kappa shape index (κ3) is 3.80. The van der Waals surface area contributed by atoms with Crippen molar-refractivity contribution in [3.63, 3.8) is 0 Å². The van der Waals surface area contributed by atoms with Gasteiger partial charge in [-0.25, -0.2) is 9.50 Å². The summed E-state index contributed by atoms with van der Waals surface area (Å²) in [4.78, 5) is 19.4. The van der Waals surface area contributed by atoms with Gasteiger partial charge in [0, 0.05) is 44.1 Å². The molecule has 1 saturated carbocycles. The Balaban J connectivity index is 1.54. The average molecular weight is 344 g/mol. The molecule has 25 heavy (non-hydrogen) atoms. The monoisotopic (exact) mass is 344 g/mol. The molecule has 0 spiro atoms. The molecule has 136 valence electrons. The SMILES string of the molecule is CC1CCC(N(Cc2cc(=O)n3[nH]ccc3n2)CC2CCCO2)CC1. The molecular weight excluding hydrogens is 316 g/mol. The van der Waals surface area contributed by atoms with Crippen LogP contribution in [0.5, 0.6) is 0 Å². The van der Waals surface area contributed by atoms with E-state index in [0.29, 0.717) is 17.8 Å². The minimum absolute atomic E-state index is 0.0423. The maximum atomic E-state index is 12.3. The van der Waals surface area contributed by atoms with Gasteiger partial charge in [-0.2, -0.15) is 0 Å². The van der Waals surface area contributed by atoms with Crippen LogP contribution >= 0.6 is 0 Å². The van der Waals surface area contributed by atoms with Crippen molar-refractivity contribution < 1.29 is 4.74 Å². The Labute approximate surface area is 148 Å². The van der Waals surface area contributed by atoms with Gasteiger partial charge in [0.15, 0.2) is 5.65 Å². The molecule has 1 saturated heterocycles. The van der Waals surface area contributed by atoms with Gasteiger partial charge in [0.25, 0.3) is 5.56 Å². The molecule has 6 nitrogen and oxygen atoms in total. The molecule has 0 bridgehead atoms. The number of H-pyrrole nitrogens is 1. The summed E-state index contributed by atoms with van der Waals surface area (Å²) in [5.74, 6) is 0.833. The van der Waals surface area contributed by atoms with E-state index in [9.17, 15) is 4.79 Å². The molecule has 1 aliphatic carbocycles. The van der Waals surface area contributed by atoms with Gasteiger partial charge >= 0.3 is 0 Å². The van der Waals surface area contributed by atoms with Gasteiger partial charge in [0.05, 0.1) is 11.8 Å². The van der Waals surface area contributed by atoms with Gasteiger partial charge in [-0.05, 0) is 44.4 Å². The Hall–Kier alpha value is -1.66. The van der Waals surface area contributed by atoms with Crippen LogP contribution in [0, 0.1) is 5.92 Å². The molecule has 4 rings (SSSR count). The number of nitrogens with one attached hydrogen (secondary N) is 1. The summed E-state index contributed by atoms with van der Waals surface area (Å²) in [7, 11) is 0. The molecule has 0 amide bonds. The Kier molecular flexibility index (Phi) is 4.90. The first-order valence-electron chi connectivity index (χ1n) is 9.61. The number of hydrogen-bond donors (Lipinski definition) is 1. The summed E-state index contributed by atoms with van der Waals surface area (Å²) in [6.45, 7) is 4.92. The van der Waals surface area contributed by atoms with E-state index in [4.69, 9.17) is 4.74 Å². The summed E-state index contributed by atoms with van der Waals surface area (Å²) < 4.78 is 7.36. The summed E-state index contributed by atoms with van der Waals surface area (Å²) in [6.07, 6.45) is 9.44. The molecule has 2 fully saturated rings. The second kappa shape index (κ2) is 7.30. The predicted molar refractivity (Wildman–Crippen MR) is 96.6 cm³/mol. The topological polar surface area (TPSA) is 62.6 Å². The van der Waals surface area contributed by atoms with Crippen molar-refractivity contribution in [1.82, 2.24) is 19.5 Å². The molecule has 1 atom stereocenters. The summed E-state index contributed by atoms with van der Waals surface area (Å²) in [5, 5.41) is 2.90. The first-order valence-corrected chi connectivity index (χ1v) is 9.61. The van der Waals surface area contributed by atoms with Crippen LogP contribution in [0.4, 0.5) is 0 Å². The van der Waals surface area contributed by atoms with Crippen LogP contribution < -0.4 is 5.56 Å². The highest BCUT2D eigenvalue weighted by atomic mass is 16.5. The van der Waals surface area contributed by atoms with Crippen molar-refractivity contribution in [3.8, 4) is 0 Å². The lowest BCUT2D eigenvalue weighted by Gasteiger charge is -2.37. The third-order valence-corrected chi connectivity index (χ3v) is 5.76. The quantitative estimate of drug-likeness (QED) is 0.905. The van der Waals surface area contributed by atoms with Crippen molar-refractivity contribution in [2.45, 2.75) is 64.1 Å². The van der Waals surface area contributed by atoms with Crippen molar-refractivity contribution in [3.05, 3.63) is 34.4 Å². The van der Waals surface area contributed by atoms with Crippen molar-refractivity contribution in [1.29, 1.82) is 0 Å². The summed E-state index contributed by atoms with van der Waals surface area (Å²) >= 11 is 0. The van der Waals surface area contributed by atoms with Gasteiger partial charge in [0.1, 0.15) is 0 Å². The van der Waals surface area contributed by atoms with Crippen LogP contribution in [0.1, 0.15) is 51.1 Å². The van der Waals surface area contributed by atoms with E-state index in [1.54, 1.807) is 12.3 Å². The summed E-state index contributed by atoms with van der Waals surface area (Å²) in [6, 6.07) is 4.08. The van der Waals surface area contributed by atoms with Gasteiger partial charge in [0.2, 0.25) is 0 Å². The lowest BCUT2D eigenvalue weighted by Crippen LogP contribution is -2.42. The van der Waals surface area contributed by atoms with E-state index >= 15 is 0 Å². The fourth-order valence-electron chi connectivity index (χ4n) is 4.27. The lowest BCUT2D eigenvalue weighted by atomic mass is 9.86. The van der Waals surface area contributed by atoms with E-state index < -0.39 is 0 Å². The first-order chi connectivity index (χ1) is 12.2. The molecule has 3 heterocycles. The van der Waals surface area contributed by atoms with E-state index in [1.807, 2.05) is 6.07 Å². The van der Waals surface area contributed by atoms with E-state index in [1.165, 1.54) is 30.2 Å². The number of hydrogen-bond acceptors (Lipinski definition) is 4. The molecule has 2 aromatic heterocycles. The molecular formula is C19H28N4O2. The van der Waals surface area contributed by atoms with E-state index in [2.05, 4.69) is 21.9 Å². The molecule has 6 heteroatoms. The van der Waals surface area contributed by atoms with Crippen LogP contribution in [-0.4, -0.2) is 44.8 Å². The van der Waals surface area contributed by atoms with Crippen molar-refractivity contribution >= 4 is 5.65 Å². The second-order valence-corrected chi connectivity index (χ2v) is 7.72. The molecule has 1 unspecified atom stereocenters. The Morgan fingerprint density at radius 2 is 2.16 bits per heavy atom. The largest absolute Gasteiger partial charge is 0.377 e. The molecule has 2 aromatic rings. The van der Waals surface area contributed by atoms with Gasteiger partial charge in [-0.3, -0.25) is 14.8 Å². The Morgan fingerprint density at radius 1 is 1.32 bits per heavy atom. The van der Waals surface area contributed by atoms with E-state index in [-0.39, 0.29) is 5.56 Å². The van der Waals surface area contributed by atoms with Crippen LogP contribution in [0.25, 0.3) is 5.65 Å². The zero-order valence-corrected chi connectivity index (χ0v) is 15.0. The van der Waals surface area contributed by atoms with Gasteiger partial charge < -0.3 is 4.74 Å². The maximum absolute atomic E-state index is 12.3. The second-order valence-electron chi connectivity index (χ2n) is 7.72. The minimum atomic E-state index is -0.0423. The van der Waals surface area contributed by atoms with Gasteiger partial charge in [-0.1, -0.05) is 6.92 Å². The van der Waals surface area contributed by atoms with Crippen LogP contribution in [-0.2, 0) is 11.3 Å². The predicted octanol–water partition coefficient (Wildman–Crippen LogP) is 2.58. The zero-order chi connectivity index (χ0) is 17.2. The number of aromatic nitrogens is 3. The smallest absolute Gasteiger partial charge is 0.272 e. The molecule has 0 aromatic carbocycles. The summed E-state index contributed by atoms with van der Waals surface area (Å²) in [5.41, 5.74) is 1.51. The number of fused-ring (bicyclic) bond motifs is 1. The standard InChI is InChI=1S/C19H28N4O2/c1-14-4-6-16(7-5-14)22(13-17-3-2-10-25-17)12-15-11-19(24)23-18(21-15)8-9-20-23/h8-9,11,14,16-17,20H,2-7,10,12-13H2,1H3. The Bertz CT molecular complexity index is 754. The van der Waals surface area contributed by atoms with Crippen molar-refractivity contribution in [2.24, 2.45) is 5.92 Å². The number of nitrogens with zero attached hydrogens (tertiary/aromatic N) is 3. The van der Waals surface area contributed by atoms with Crippen LogP contribution in [0.15, 0.2) is 23.1 Å². The normalized spacial score (nSPS) is 27.4. The highest BCUT2D eigenvalue weighted by Crippen LogP contribution is 2.29. The molecule has 2 aliphatic rings. The minimum Gasteiger partial charge on any atom is -0.377 e. The number of aromatic amines is 1. The average Bonchev–Trinajstić information content (AvgIpc) is 3.26. The van der Waals surface area contributed by atoms with Gasteiger partial charge in [-0.15, -0.1) is 0 Å². The maximum Gasteiger partial charge on any atom is 0.272 e. The molecule has 0 radical (unpaired) electrons. The third-order valence-electron chi connectivity index (χ3n) is 5.76. The highest BCUT2D eigenvalue weighted by Gasteiger charge is 2.28. The van der Waals surface area contributed by atoms with E-state index in [0.717, 1.165) is 44.1 Å². The van der Waals surface area contributed by atoms with Crippen LogP contribution in [0.2, 0.25) is 0 Å². The lowest BCUT2D eigenvalue weighted by molar-refractivity contribution is 0.0404. The fourth-order valence-corrected chi connectivity index (χ4v) is 4.27. The highest BCUT2D eigenvalue weighted by molar-refractivity contribution is 5.36. The van der Waals surface area contributed by atoms with Crippen molar-refractivity contribution in [2.75, 3.05) is 13.2 Å². The molecule has 1 N–H and O–H groups in total. The molecule has 1 aliphatic heterocycles. The first kappa shape index (κ1) is 16.8.